The van der Waals surface area contributed by atoms with Gasteiger partial charge in [0.25, 0.3) is 5.69 Å². The quantitative estimate of drug-likeness (QED) is 0.522. The Morgan fingerprint density at radius 2 is 2.27 bits per heavy atom. The molecule has 0 saturated heterocycles. The van der Waals surface area contributed by atoms with Crippen molar-refractivity contribution >= 4 is 33.2 Å². The Balaban J connectivity index is 3.13. The molecule has 1 aromatic rings. The summed E-state index contributed by atoms with van der Waals surface area (Å²) in [5.41, 5.74) is -0.878. The predicted molar refractivity (Wildman–Crippen MR) is 55.5 cm³/mol. The summed E-state index contributed by atoms with van der Waals surface area (Å²) in [5, 5.41) is 12.6. The van der Waals surface area contributed by atoms with Gasteiger partial charge in [0, 0.05) is 6.07 Å². The summed E-state index contributed by atoms with van der Waals surface area (Å²) < 4.78 is 13.2. The van der Waals surface area contributed by atoms with E-state index in [4.69, 9.17) is 0 Å². The van der Waals surface area contributed by atoms with Gasteiger partial charge in [-0.3, -0.25) is 14.9 Å². The number of nitrogens with zero attached hydrogens (tertiary/aromatic N) is 1. The van der Waals surface area contributed by atoms with E-state index in [-0.39, 0.29) is 5.33 Å². The van der Waals surface area contributed by atoms with Crippen LogP contribution in [0.25, 0.3) is 0 Å². The molecule has 1 amide bonds. The third-order valence-electron chi connectivity index (χ3n) is 1.57. The Kier molecular flexibility index (Phi) is 3.73. The standard InChI is InChI=1S/C8H6BrFN2O3/c9-4-7(13)11-8-5(10)2-1-3-6(8)12(14)15/h1-3H,4H2,(H,11,13). The van der Waals surface area contributed by atoms with Gasteiger partial charge in [-0.15, -0.1) is 0 Å². The van der Waals surface area contributed by atoms with Crippen LogP contribution in [0.4, 0.5) is 15.8 Å². The number of hydrogen-bond acceptors (Lipinski definition) is 3. The Morgan fingerprint density at radius 1 is 1.60 bits per heavy atom. The van der Waals surface area contributed by atoms with Crippen molar-refractivity contribution in [2.24, 2.45) is 0 Å². The number of carbonyl (C=O) groups excluding carboxylic acids is 1. The highest BCUT2D eigenvalue weighted by atomic mass is 79.9. The van der Waals surface area contributed by atoms with E-state index in [1.54, 1.807) is 0 Å². The smallest absolute Gasteiger partial charge is 0.295 e. The molecule has 0 saturated carbocycles. The lowest BCUT2D eigenvalue weighted by Gasteiger charge is -2.04. The minimum absolute atomic E-state index is 0.0571. The fourth-order valence-electron chi connectivity index (χ4n) is 0.961. The van der Waals surface area contributed by atoms with Crippen molar-refractivity contribution in [2.75, 3.05) is 10.6 Å². The minimum atomic E-state index is -0.835. The molecule has 0 aromatic heterocycles. The molecule has 80 valence electrons. The van der Waals surface area contributed by atoms with E-state index in [0.717, 1.165) is 12.1 Å². The molecule has 1 aromatic carbocycles. The van der Waals surface area contributed by atoms with Crippen LogP contribution in [0.15, 0.2) is 18.2 Å². The number of anilines is 1. The van der Waals surface area contributed by atoms with Gasteiger partial charge in [-0.2, -0.15) is 0 Å². The lowest BCUT2D eigenvalue weighted by molar-refractivity contribution is -0.384. The Bertz CT molecular complexity index is 411. The summed E-state index contributed by atoms with van der Waals surface area (Å²) in [7, 11) is 0. The summed E-state index contributed by atoms with van der Waals surface area (Å²) in [6, 6.07) is 3.36. The second kappa shape index (κ2) is 4.83. The summed E-state index contributed by atoms with van der Waals surface area (Å²) in [4.78, 5) is 20.7. The number of hydrogen-bond donors (Lipinski definition) is 1. The molecule has 0 radical (unpaired) electrons. The Morgan fingerprint density at radius 3 is 2.80 bits per heavy atom. The number of nitrogens with one attached hydrogen (secondary N) is 1. The molecule has 5 nitrogen and oxygen atoms in total. The number of para-hydroxylation sites is 1. The number of rotatable bonds is 3. The van der Waals surface area contributed by atoms with E-state index in [9.17, 15) is 19.3 Å². The number of alkyl halides is 1. The highest BCUT2D eigenvalue weighted by Gasteiger charge is 2.19. The van der Waals surface area contributed by atoms with Crippen LogP contribution in [0.1, 0.15) is 0 Å². The van der Waals surface area contributed by atoms with Gasteiger partial charge in [0.1, 0.15) is 0 Å². The molecule has 15 heavy (non-hydrogen) atoms. The fraction of sp³-hybridized carbons (Fsp3) is 0.125. The first-order chi connectivity index (χ1) is 7.06. The van der Waals surface area contributed by atoms with Gasteiger partial charge in [0.2, 0.25) is 5.91 Å². The van der Waals surface area contributed by atoms with Crippen molar-refractivity contribution in [1.29, 1.82) is 0 Å². The van der Waals surface area contributed by atoms with Crippen molar-refractivity contribution in [2.45, 2.75) is 0 Å². The maximum absolute atomic E-state index is 13.2. The molecule has 1 rings (SSSR count). The first-order valence-corrected chi connectivity index (χ1v) is 4.97. The van der Waals surface area contributed by atoms with Gasteiger partial charge in [-0.1, -0.05) is 22.0 Å². The maximum Gasteiger partial charge on any atom is 0.295 e. The van der Waals surface area contributed by atoms with E-state index in [1.807, 2.05) is 0 Å². The normalized spacial score (nSPS) is 9.73. The Hall–Kier alpha value is -1.50. The van der Waals surface area contributed by atoms with E-state index >= 15 is 0 Å². The molecule has 0 heterocycles. The maximum atomic E-state index is 13.2. The van der Waals surface area contributed by atoms with E-state index < -0.39 is 28.0 Å². The zero-order valence-corrected chi connectivity index (χ0v) is 8.95. The van der Waals surface area contributed by atoms with Crippen molar-refractivity contribution in [3.63, 3.8) is 0 Å². The van der Waals surface area contributed by atoms with Crippen molar-refractivity contribution in [1.82, 2.24) is 0 Å². The van der Waals surface area contributed by atoms with Crippen LogP contribution in [0.2, 0.25) is 0 Å². The largest absolute Gasteiger partial charge is 0.317 e. The molecule has 0 unspecified atom stereocenters. The monoisotopic (exact) mass is 276 g/mol. The van der Waals surface area contributed by atoms with Crippen LogP contribution < -0.4 is 5.32 Å². The third kappa shape index (κ3) is 2.72. The average Bonchev–Trinajstić information content (AvgIpc) is 2.20. The van der Waals surface area contributed by atoms with Crippen molar-refractivity contribution < 1.29 is 14.1 Å². The molecule has 0 spiro atoms. The molecule has 7 heteroatoms. The van der Waals surface area contributed by atoms with Crippen LogP contribution in [0.3, 0.4) is 0 Å². The van der Waals surface area contributed by atoms with Gasteiger partial charge in [0.05, 0.1) is 10.3 Å². The van der Waals surface area contributed by atoms with E-state index in [1.165, 1.54) is 6.07 Å². The third-order valence-corrected chi connectivity index (χ3v) is 2.08. The lowest BCUT2D eigenvalue weighted by Crippen LogP contribution is -2.14. The average molecular weight is 277 g/mol. The Labute approximate surface area is 92.6 Å². The second-order valence-electron chi connectivity index (χ2n) is 2.57. The highest BCUT2D eigenvalue weighted by molar-refractivity contribution is 9.09. The zero-order chi connectivity index (χ0) is 11.4. The van der Waals surface area contributed by atoms with Crippen LogP contribution in [-0.4, -0.2) is 16.2 Å². The van der Waals surface area contributed by atoms with Crippen LogP contribution in [0.5, 0.6) is 0 Å². The fourth-order valence-corrected chi connectivity index (χ4v) is 1.10. The zero-order valence-electron chi connectivity index (χ0n) is 7.37. The number of nitro benzene ring substituents is 1. The number of nitro groups is 1. The molecule has 1 N–H and O–H groups in total. The summed E-state index contributed by atoms with van der Waals surface area (Å²) in [6.07, 6.45) is 0. The first kappa shape index (κ1) is 11.6. The van der Waals surface area contributed by atoms with Gasteiger partial charge >= 0.3 is 0 Å². The van der Waals surface area contributed by atoms with Gasteiger partial charge in [0.15, 0.2) is 11.5 Å². The van der Waals surface area contributed by atoms with Gasteiger partial charge in [-0.05, 0) is 6.07 Å². The predicted octanol–water partition coefficient (Wildman–Crippen LogP) is 2.07. The highest BCUT2D eigenvalue weighted by Crippen LogP contribution is 2.26. The first-order valence-electron chi connectivity index (χ1n) is 3.85. The van der Waals surface area contributed by atoms with E-state index in [0.29, 0.717) is 0 Å². The number of benzene rings is 1. The van der Waals surface area contributed by atoms with Crippen LogP contribution in [0, 0.1) is 15.9 Å². The lowest BCUT2D eigenvalue weighted by atomic mass is 10.2. The number of halogens is 2. The molecular weight excluding hydrogens is 271 g/mol. The molecule has 0 bridgehead atoms. The van der Waals surface area contributed by atoms with Crippen molar-refractivity contribution in [3.05, 3.63) is 34.1 Å². The summed E-state index contributed by atoms with van der Waals surface area (Å²) in [6.45, 7) is 0. The summed E-state index contributed by atoms with van der Waals surface area (Å²) in [5.74, 6) is -1.39. The topological polar surface area (TPSA) is 72.2 Å². The van der Waals surface area contributed by atoms with Crippen molar-refractivity contribution in [3.8, 4) is 0 Å². The summed E-state index contributed by atoms with van der Waals surface area (Å²) >= 11 is 2.85. The van der Waals surface area contributed by atoms with Gasteiger partial charge in [-0.25, -0.2) is 4.39 Å². The number of amides is 1. The second-order valence-corrected chi connectivity index (χ2v) is 3.13. The van der Waals surface area contributed by atoms with Gasteiger partial charge < -0.3 is 5.32 Å². The number of carbonyl (C=O) groups is 1. The van der Waals surface area contributed by atoms with Crippen LogP contribution >= 0.6 is 15.9 Å². The van der Waals surface area contributed by atoms with E-state index in [2.05, 4.69) is 21.2 Å². The minimum Gasteiger partial charge on any atom is -0.317 e. The molecule has 0 aliphatic carbocycles. The molecule has 0 atom stereocenters. The molecule has 0 aliphatic rings. The van der Waals surface area contributed by atoms with Crippen LogP contribution in [-0.2, 0) is 4.79 Å². The molecule has 0 aliphatic heterocycles. The molecule has 0 fully saturated rings. The molecular formula is C8H6BrFN2O3. The SMILES string of the molecule is O=C(CBr)Nc1c(F)cccc1[N+](=O)[O-].